The van der Waals surface area contributed by atoms with Gasteiger partial charge in [-0.3, -0.25) is 4.57 Å². The van der Waals surface area contributed by atoms with Gasteiger partial charge in [-0.2, -0.15) is 0 Å². The zero-order valence-electron chi connectivity index (χ0n) is 14.0. The molecule has 0 aromatic heterocycles. The molecule has 0 unspecified atom stereocenters. The molecule has 7 heteroatoms. The van der Waals surface area contributed by atoms with E-state index in [2.05, 4.69) is 33.9 Å². The number of hydrogen-bond acceptors (Lipinski definition) is 5. The summed E-state index contributed by atoms with van der Waals surface area (Å²) in [6, 6.07) is 0. The fraction of sp³-hybridized carbons (Fsp3) is 1.00. The molecule has 0 amide bonds. The fourth-order valence-corrected chi connectivity index (χ4v) is 5.52. The molecule has 0 heterocycles. The Balaban J connectivity index is 4.05. The van der Waals surface area contributed by atoms with Gasteiger partial charge >= 0.3 is 7.60 Å². The Kier molecular flexibility index (Phi) is 9.26. The lowest BCUT2D eigenvalue weighted by atomic mass is 10.2. The maximum atomic E-state index is 12.2. The van der Waals surface area contributed by atoms with Crippen molar-refractivity contribution in [3.8, 4) is 0 Å². The van der Waals surface area contributed by atoms with Crippen LogP contribution >= 0.6 is 19.4 Å². The summed E-state index contributed by atoms with van der Waals surface area (Å²) >= 11 is 1.58. The van der Waals surface area contributed by atoms with E-state index < -0.39 is 15.9 Å². The van der Waals surface area contributed by atoms with Gasteiger partial charge in [0.25, 0.3) is 0 Å². The minimum Gasteiger partial charge on any atom is -0.416 e. The van der Waals surface area contributed by atoms with Crippen molar-refractivity contribution in [2.45, 2.75) is 52.8 Å². The average molecular weight is 343 g/mol. The maximum Gasteiger partial charge on any atom is 0.340 e. The summed E-state index contributed by atoms with van der Waals surface area (Å²) in [5, 5.41) is 0.226. The Morgan fingerprint density at radius 1 is 1.10 bits per heavy atom. The van der Waals surface area contributed by atoms with Crippen molar-refractivity contribution in [1.82, 2.24) is 0 Å². The first-order chi connectivity index (χ1) is 9.08. The SMILES string of the molecule is CCOP(=O)(CSCCO[Si](C)(C)C(C)(C)C)OCC. The quantitative estimate of drug-likeness (QED) is 0.319. The molecule has 0 aromatic rings. The van der Waals surface area contributed by atoms with Crippen molar-refractivity contribution in [1.29, 1.82) is 0 Å². The molecule has 0 aliphatic carbocycles. The first kappa shape index (κ1) is 20.7. The van der Waals surface area contributed by atoms with Crippen molar-refractivity contribution < 1.29 is 18.0 Å². The number of rotatable bonds is 10. The molecule has 0 saturated carbocycles. The summed E-state index contributed by atoms with van der Waals surface area (Å²) in [5.74, 6) is 0.816. The molecule has 0 saturated heterocycles. The van der Waals surface area contributed by atoms with Crippen LogP contribution < -0.4 is 0 Å². The van der Waals surface area contributed by atoms with Crippen LogP contribution in [0.4, 0.5) is 0 Å². The molecular formula is C13H31O4PSSi. The second kappa shape index (κ2) is 8.96. The second-order valence-corrected chi connectivity index (χ2v) is 14.5. The Morgan fingerprint density at radius 3 is 2.00 bits per heavy atom. The summed E-state index contributed by atoms with van der Waals surface area (Å²) in [4.78, 5) is 0. The summed E-state index contributed by atoms with van der Waals surface area (Å²) in [7, 11) is -4.59. The Labute approximate surface area is 130 Å². The Bertz CT molecular complexity index is 308. The molecule has 0 aromatic carbocycles. The summed E-state index contributed by atoms with van der Waals surface area (Å²) in [5.41, 5.74) is 0.398. The van der Waals surface area contributed by atoms with Crippen molar-refractivity contribution >= 4 is 27.7 Å². The van der Waals surface area contributed by atoms with Gasteiger partial charge in [-0.25, -0.2) is 0 Å². The minimum absolute atomic E-state index is 0.226. The van der Waals surface area contributed by atoms with Crippen molar-refractivity contribution in [2.75, 3.05) is 31.1 Å². The van der Waals surface area contributed by atoms with Crippen molar-refractivity contribution in [3.05, 3.63) is 0 Å². The number of hydrogen-bond donors (Lipinski definition) is 0. The molecular weight excluding hydrogens is 311 g/mol. The minimum atomic E-state index is -2.91. The lowest BCUT2D eigenvalue weighted by molar-refractivity contribution is 0.224. The monoisotopic (exact) mass is 342 g/mol. The summed E-state index contributed by atoms with van der Waals surface area (Å²) in [6.07, 6.45) is 0. The molecule has 0 aliphatic heterocycles. The third-order valence-corrected chi connectivity index (χ3v) is 11.7. The highest BCUT2D eigenvalue weighted by Gasteiger charge is 2.36. The molecule has 0 bridgehead atoms. The van der Waals surface area contributed by atoms with Crippen LogP contribution in [0, 0.1) is 0 Å². The third kappa shape index (κ3) is 7.62. The molecule has 4 nitrogen and oxygen atoms in total. The largest absolute Gasteiger partial charge is 0.416 e. The zero-order valence-corrected chi connectivity index (χ0v) is 16.7. The van der Waals surface area contributed by atoms with E-state index in [-0.39, 0.29) is 5.04 Å². The molecule has 0 atom stereocenters. The van der Waals surface area contributed by atoms with Crippen LogP contribution in [0.3, 0.4) is 0 Å². The van der Waals surface area contributed by atoms with Crippen LogP contribution in [0.2, 0.25) is 18.1 Å². The van der Waals surface area contributed by atoms with E-state index in [1.807, 2.05) is 13.8 Å². The molecule has 20 heavy (non-hydrogen) atoms. The Morgan fingerprint density at radius 2 is 1.60 bits per heavy atom. The van der Waals surface area contributed by atoms with Gasteiger partial charge in [-0.1, -0.05) is 20.8 Å². The first-order valence-electron chi connectivity index (χ1n) is 7.18. The highest BCUT2D eigenvalue weighted by molar-refractivity contribution is 8.04. The van der Waals surface area contributed by atoms with Crippen molar-refractivity contribution in [3.63, 3.8) is 0 Å². The van der Waals surface area contributed by atoms with Crippen LogP contribution in [0.1, 0.15) is 34.6 Å². The molecule has 0 radical (unpaired) electrons. The molecule has 0 aliphatic rings. The van der Waals surface area contributed by atoms with E-state index in [9.17, 15) is 4.57 Å². The maximum absolute atomic E-state index is 12.2. The van der Waals surface area contributed by atoms with Crippen LogP contribution in [0.25, 0.3) is 0 Å². The molecule has 0 fully saturated rings. The zero-order chi connectivity index (χ0) is 15.9. The van der Waals surface area contributed by atoms with Gasteiger partial charge in [0.05, 0.1) is 18.7 Å². The molecule has 122 valence electrons. The lowest BCUT2D eigenvalue weighted by Crippen LogP contribution is -2.41. The van der Waals surface area contributed by atoms with Crippen LogP contribution in [-0.2, 0) is 18.0 Å². The van der Waals surface area contributed by atoms with E-state index in [1.54, 1.807) is 11.8 Å². The molecule has 0 spiro atoms. The normalized spacial score (nSPS) is 13.8. The Hall–Kier alpha value is 0.677. The standard InChI is InChI=1S/C13H31O4PSSi/c1-8-15-18(14,16-9-2)12-19-11-10-17-20(6,7)13(3,4)5/h8-12H2,1-7H3. The van der Waals surface area contributed by atoms with E-state index in [4.69, 9.17) is 13.5 Å². The van der Waals surface area contributed by atoms with Gasteiger partial charge in [0.2, 0.25) is 0 Å². The third-order valence-electron chi connectivity index (χ3n) is 3.40. The predicted molar refractivity (Wildman–Crippen MR) is 91.3 cm³/mol. The van der Waals surface area contributed by atoms with Crippen LogP contribution in [0.5, 0.6) is 0 Å². The molecule has 0 N–H and O–H groups in total. The van der Waals surface area contributed by atoms with Crippen LogP contribution in [-0.4, -0.2) is 39.4 Å². The van der Waals surface area contributed by atoms with Gasteiger partial charge in [0.15, 0.2) is 8.32 Å². The van der Waals surface area contributed by atoms with Crippen LogP contribution in [0.15, 0.2) is 0 Å². The fourth-order valence-electron chi connectivity index (χ4n) is 1.25. The van der Waals surface area contributed by atoms with Gasteiger partial charge in [0, 0.05) is 12.4 Å². The first-order valence-corrected chi connectivity index (χ1v) is 13.0. The van der Waals surface area contributed by atoms with Crippen molar-refractivity contribution in [2.24, 2.45) is 0 Å². The molecule has 0 rings (SSSR count). The smallest absolute Gasteiger partial charge is 0.340 e. The lowest BCUT2D eigenvalue weighted by Gasteiger charge is -2.36. The highest BCUT2D eigenvalue weighted by Crippen LogP contribution is 2.50. The van der Waals surface area contributed by atoms with Gasteiger partial charge in [-0.15, -0.1) is 11.8 Å². The van der Waals surface area contributed by atoms with E-state index in [0.29, 0.717) is 25.3 Å². The average Bonchev–Trinajstić information content (AvgIpc) is 2.27. The highest BCUT2D eigenvalue weighted by atomic mass is 32.2. The summed E-state index contributed by atoms with van der Waals surface area (Å²) < 4.78 is 28.8. The predicted octanol–water partition coefficient (Wildman–Crippen LogP) is 4.97. The van der Waals surface area contributed by atoms with Gasteiger partial charge < -0.3 is 13.5 Å². The van der Waals surface area contributed by atoms with Gasteiger partial charge in [-0.05, 0) is 32.0 Å². The number of thioether (sulfide) groups is 1. The van der Waals surface area contributed by atoms with E-state index in [1.165, 1.54) is 0 Å². The van der Waals surface area contributed by atoms with E-state index >= 15 is 0 Å². The second-order valence-electron chi connectivity index (χ2n) is 6.09. The summed E-state index contributed by atoms with van der Waals surface area (Å²) in [6.45, 7) is 16.3. The van der Waals surface area contributed by atoms with Gasteiger partial charge in [0.1, 0.15) is 0 Å². The topological polar surface area (TPSA) is 44.8 Å². The van der Waals surface area contributed by atoms with E-state index in [0.717, 1.165) is 5.75 Å².